The Morgan fingerprint density at radius 2 is 2.19 bits per heavy atom. The molecule has 4 aromatic heterocycles. The zero-order valence-corrected chi connectivity index (χ0v) is 14.3. The summed E-state index contributed by atoms with van der Waals surface area (Å²) in [5.41, 5.74) is 1.61. The number of nitrogens with one attached hydrogen (secondary N) is 1. The van der Waals surface area contributed by atoms with E-state index in [-0.39, 0.29) is 11.7 Å². The summed E-state index contributed by atoms with van der Waals surface area (Å²) >= 11 is 1.34. The summed E-state index contributed by atoms with van der Waals surface area (Å²) < 4.78 is 20.6. The van der Waals surface area contributed by atoms with Crippen LogP contribution in [0.25, 0.3) is 5.65 Å². The number of carbonyl (C=O) groups is 1. The van der Waals surface area contributed by atoms with Crippen LogP contribution in [0.5, 0.6) is 11.5 Å². The minimum absolute atomic E-state index is 0.228. The second-order valence-corrected chi connectivity index (χ2v) is 6.29. The molecule has 4 rings (SSSR count). The number of imidazole rings is 1. The lowest BCUT2D eigenvalue weighted by Gasteiger charge is -2.09. The van der Waals surface area contributed by atoms with Gasteiger partial charge in [-0.2, -0.15) is 0 Å². The molecule has 0 aliphatic carbocycles. The Balaban J connectivity index is 1.69. The van der Waals surface area contributed by atoms with E-state index >= 15 is 0 Å². The molecule has 0 radical (unpaired) electrons. The lowest BCUT2D eigenvalue weighted by Crippen LogP contribution is -2.13. The third-order valence-corrected chi connectivity index (χ3v) is 4.34. The Morgan fingerprint density at radius 3 is 2.96 bits per heavy atom. The number of ether oxygens (including phenoxy) is 1. The van der Waals surface area contributed by atoms with Crippen molar-refractivity contribution in [1.29, 1.82) is 0 Å². The maximum atomic E-state index is 13.3. The van der Waals surface area contributed by atoms with Crippen LogP contribution < -0.4 is 10.1 Å². The van der Waals surface area contributed by atoms with E-state index in [2.05, 4.69) is 20.3 Å². The average Bonchev–Trinajstić information content (AvgIpc) is 3.23. The summed E-state index contributed by atoms with van der Waals surface area (Å²) in [6, 6.07) is 2.76. The summed E-state index contributed by atoms with van der Waals surface area (Å²) in [5.74, 6) is -0.295. The molecule has 4 heterocycles. The van der Waals surface area contributed by atoms with Gasteiger partial charge in [0.15, 0.2) is 5.13 Å². The summed E-state index contributed by atoms with van der Waals surface area (Å²) in [4.78, 5) is 24.8. The quantitative estimate of drug-likeness (QED) is 0.593. The number of carbonyl (C=O) groups excluding carboxylic acids is 1. The van der Waals surface area contributed by atoms with E-state index in [1.165, 1.54) is 23.6 Å². The molecule has 0 aliphatic heterocycles. The van der Waals surface area contributed by atoms with Gasteiger partial charge in [0, 0.05) is 23.8 Å². The maximum Gasteiger partial charge on any atom is 0.261 e. The molecule has 7 nitrogen and oxygen atoms in total. The van der Waals surface area contributed by atoms with Gasteiger partial charge >= 0.3 is 0 Å². The van der Waals surface area contributed by atoms with E-state index in [0.29, 0.717) is 22.1 Å². The van der Waals surface area contributed by atoms with Crippen molar-refractivity contribution >= 4 is 28.0 Å². The fourth-order valence-corrected chi connectivity index (χ4v) is 3.07. The smallest absolute Gasteiger partial charge is 0.261 e. The number of amides is 1. The van der Waals surface area contributed by atoms with Gasteiger partial charge in [-0.25, -0.2) is 14.4 Å². The van der Waals surface area contributed by atoms with Crippen LogP contribution >= 0.6 is 11.3 Å². The zero-order chi connectivity index (χ0) is 18.1. The highest BCUT2D eigenvalue weighted by Crippen LogP contribution is 2.25. The van der Waals surface area contributed by atoms with Gasteiger partial charge in [-0.15, -0.1) is 11.3 Å². The van der Waals surface area contributed by atoms with E-state index in [0.717, 1.165) is 11.9 Å². The minimum Gasteiger partial charge on any atom is -0.454 e. The first-order valence-electron chi connectivity index (χ1n) is 7.57. The van der Waals surface area contributed by atoms with Crippen LogP contribution in [0.2, 0.25) is 0 Å². The van der Waals surface area contributed by atoms with Crippen LogP contribution in [0.15, 0.2) is 48.5 Å². The maximum absolute atomic E-state index is 13.3. The van der Waals surface area contributed by atoms with Gasteiger partial charge in [0.1, 0.15) is 23.0 Å². The monoisotopic (exact) mass is 369 g/mol. The number of nitrogens with zero attached hydrogens (tertiary/aromatic N) is 4. The van der Waals surface area contributed by atoms with Crippen molar-refractivity contribution in [3.63, 3.8) is 0 Å². The summed E-state index contributed by atoms with van der Waals surface area (Å²) in [6.07, 6.45) is 7.39. The highest BCUT2D eigenvalue weighted by molar-refractivity contribution is 7.13. The number of fused-ring (bicyclic) bond motifs is 1. The van der Waals surface area contributed by atoms with E-state index in [9.17, 15) is 9.18 Å². The molecule has 9 heteroatoms. The van der Waals surface area contributed by atoms with Crippen molar-refractivity contribution in [3.05, 3.63) is 65.6 Å². The summed E-state index contributed by atoms with van der Waals surface area (Å²) in [5, 5.41) is 5.09. The Bertz CT molecular complexity index is 1110. The van der Waals surface area contributed by atoms with Crippen LogP contribution in [-0.4, -0.2) is 25.3 Å². The highest BCUT2D eigenvalue weighted by atomic mass is 32.1. The van der Waals surface area contributed by atoms with E-state index in [4.69, 9.17) is 4.74 Å². The van der Waals surface area contributed by atoms with Gasteiger partial charge in [-0.3, -0.25) is 15.1 Å². The second kappa shape index (κ2) is 6.52. The predicted octanol–water partition coefficient (Wildman–Crippen LogP) is 3.68. The Labute approximate surface area is 151 Å². The molecule has 0 spiro atoms. The van der Waals surface area contributed by atoms with Crippen molar-refractivity contribution in [2.24, 2.45) is 0 Å². The van der Waals surface area contributed by atoms with Crippen molar-refractivity contribution in [2.45, 2.75) is 6.92 Å². The topological polar surface area (TPSA) is 81.4 Å². The number of halogens is 1. The van der Waals surface area contributed by atoms with Crippen LogP contribution in [0.3, 0.4) is 0 Å². The average molecular weight is 369 g/mol. The van der Waals surface area contributed by atoms with Crippen molar-refractivity contribution in [3.8, 4) is 11.5 Å². The first-order chi connectivity index (χ1) is 12.6. The standard InChI is InChI=1S/C17H12FN5O2S/c1-10-9-26-17(21-10)22-16(24)14-5-13(8-23-3-2-20-15(14)23)25-12-4-11(18)6-19-7-12/h2-9H,1H3,(H,21,22,24). The fourth-order valence-electron chi connectivity index (χ4n) is 2.39. The third kappa shape index (κ3) is 3.24. The Morgan fingerprint density at radius 1 is 1.31 bits per heavy atom. The lowest BCUT2D eigenvalue weighted by atomic mass is 10.2. The number of pyridine rings is 2. The summed E-state index contributed by atoms with van der Waals surface area (Å²) in [6.45, 7) is 1.85. The molecule has 0 aromatic carbocycles. The number of aromatic nitrogens is 4. The number of hydrogen-bond donors (Lipinski definition) is 1. The van der Waals surface area contributed by atoms with E-state index in [1.54, 1.807) is 29.1 Å². The predicted molar refractivity (Wildman–Crippen MR) is 94.3 cm³/mol. The number of rotatable bonds is 4. The molecule has 1 amide bonds. The van der Waals surface area contributed by atoms with Crippen LogP contribution in [0.1, 0.15) is 16.1 Å². The molecule has 0 aliphatic rings. The minimum atomic E-state index is -0.511. The normalized spacial score (nSPS) is 10.8. The molecule has 0 saturated carbocycles. The van der Waals surface area contributed by atoms with Gasteiger partial charge in [-0.1, -0.05) is 0 Å². The molecule has 1 N–H and O–H groups in total. The number of thiazole rings is 1. The Kier molecular flexibility index (Phi) is 4.05. The molecule has 0 atom stereocenters. The molecule has 4 aromatic rings. The molecule has 26 heavy (non-hydrogen) atoms. The lowest BCUT2D eigenvalue weighted by molar-refractivity contribution is 0.102. The molecule has 130 valence electrons. The van der Waals surface area contributed by atoms with Crippen LogP contribution in [-0.2, 0) is 0 Å². The van der Waals surface area contributed by atoms with Crippen molar-refractivity contribution in [2.75, 3.05) is 5.32 Å². The first kappa shape index (κ1) is 16.2. The van der Waals surface area contributed by atoms with Crippen LogP contribution in [0.4, 0.5) is 9.52 Å². The molecule has 0 fully saturated rings. The van der Waals surface area contributed by atoms with Crippen molar-refractivity contribution in [1.82, 2.24) is 19.4 Å². The molecule has 0 bridgehead atoms. The number of aryl methyl sites for hydroxylation is 1. The molecule has 0 saturated heterocycles. The largest absolute Gasteiger partial charge is 0.454 e. The molecular formula is C17H12FN5O2S. The fraction of sp³-hybridized carbons (Fsp3) is 0.0588. The van der Waals surface area contributed by atoms with Crippen LogP contribution in [0, 0.1) is 12.7 Å². The van der Waals surface area contributed by atoms with Gasteiger partial charge < -0.3 is 9.14 Å². The zero-order valence-electron chi connectivity index (χ0n) is 13.5. The molecule has 0 unspecified atom stereocenters. The third-order valence-electron chi connectivity index (χ3n) is 3.46. The molecular weight excluding hydrogens is 357 g/mol. The van der Waals surface area contributed by atoms with Gasteiger partial charge in [0.05, 0.1) is 29.8 Å². The number of anilines is 1. The second-order valence-electron chi connectivity index (χ2n) is 5.44. The summed E-state index contributed by atoms with van der Waals surface area (Å²) in [7, 11) is 0. The van der Waals surface area contributed by atoms with E-state index < -0.39 is 5.82 Å². The van der Waals surface area contributed by atoms with Crippen molar-refractivity contribution < 1.29 is 13.9 Å². The highest BCUT2D eigenvalue weighted by Gasteiger charge is 2.16. The first-order valence-corrected chi connectivity index (χ1v) is 8.45. The van der Waals surface area contributed by atoms with Gasteiger partial charge in [-0.05, 0) is 13.0 Å². The Hall–Kier alpha value is -3.33. The van der Waals surface area contributed by atoms with Gasteiger partial charge in [0.25, 0.3) is 5.91 Å². The van der Waals surface area contributed by atoms with Gasteiger partial charge in [0.2, 0.25) is 0 Å². The number of hydrogen-bond acceptors (Lipinski definition) is 6. The SMILES string of the molecule is Cc1csc(NC(=O)c2cc(Oc3cncc(F)c3)cn3ccnc23)n1. The van der Waals surface area contributed by atoms with E-state index in [1.807, 2.05) is 12.3 Å².